The van der Waals surface area contributed by atoms with Gasteiger partial charge in [-0.2, -0.15) is 0 Å². The number of hydrogen-bond acceptors (Lipinski definition) is 5. The molecule has 1 atom stereocenters. The highest BCUT2D eigenvalue weighted by molar-refractivity contribution is 7.46. The molecule has 174 valence electrons. The predicted molar refractivity (Wildman–Crippen MR) is 115 cm³/mol. The van der Waals surface area contributed by atoms with Gasteiger partial charge in [-0.3, -0.25) is 9.32 Å². The molecule has 0 saturated heterocycles. The number of carbonyl (C=O) groups is 1. The summed E-state index contributed by atoms with van der Waals surface area (Å²) in [5.41, 5.74) is 0. The SMILES string of the molecule is CCCCCCCCCCCCCCOC[C@H](COP(=O)(O)O)OC(=O)CCC. The van der Waals surface area contributed by atoms with Crippen LogP contribution < -0.4 is 0 Å². The second kappa shape index (κ2) is 19.5. The van der Waals surface area contributed by atoms with Crippen LogP contribution in [0.15, 0.2) is 0 Å². The number of unbranched alkanes of at least 4 members (excludes halogenated alkanes) is 11. The molecule has 0 amide bonds. The zero-order valence-electron chi connectivity index (χ0n) is 18.5. The highest BCUT2D eigenvalue weighted by atomic mass is 31.2. The molecule has 0 aliphatic carbocycles. The van der Waals surface area contributed by atoms with Crippen LogP contribution >= 0.6 is 7.82 Å². The Morgan fingerprint density at radius 3 is 1.79 bits per heavy atom. The average molecular weight is 439 g/mol. The minimum absolute atomic E-state index is 0.0769. The van der Waals surface area contributed by atoms with Gasteiger partial charge in [0.1, 0.15) is 6.10 Å². The Morgan fingerprint density at radius 1 is 0.793 bits per heavy atom. The normalized spacial score (nSPS) is 12.8. The first kappa shape index (κ1) is 28.5. The van der Waals surface area contributed by atoms with Crippen LogP contribution in [0, 0.1) is 0 Å². The quantitative estimate of drug-likeness (QED) is 0.138. The van der Waals surface area contributed by atoms with Crippen LogP contribution in [0.4, 0.5) is 0 Å². The van der Waals surface area contributed by atoms with E-state index < -0.39 is 19.9 Å². The molecular formula is C21H43O7P. The molecule has 0 bridgehead atoms. The van der Waals surface area contributed by atoms with E-state index in [0.717, 1.165) is 12.8 Å². The Bertz CT molecular complexity index is 425. The van der Waals surface area contributed by atoms with Gasteiger partial charge in [-0.25, -0.2) is 4.57 Å². The highest BCUT2D eigenvalue weighted by Gasteiger charge is 2.21. The lowest BCUT2D eigenvalue weighted by Crippen LogP contribution is -2.28. The molecule has 0 aromatic rings. The van der Waals surface area contributed by atoms with Crippen molar-refractivity contribution >= 4 is 13.8 Å². The minimum atomic E-state index is -4.60. The van der Waals surface area contributed by atoms with Gasteiger partial charge in [0.2, 0.25) is 0 Å². The smallest absolute Gasteiger partial charge is 0.457 e. The molecule has 0 unspecified atom stereocenters. The van der Waals surface area contributed by atoms with E-state index in [1.54, 1.807) is 0 Å². The zero-order valence-corrected chi connectivity index (χ0v) is 19.4. The number of ether oxygens (including phenoxy) is 2. The van der Waals surface area contributed by atoms with Gasteiger partial charge in [-0.1, -0.05) is 84.5 Å². The van der Waals surface area contributed by atoms with E-state index in [1.807, 2.05) is 6.92 Å². The summed E-state index contributed by atoms with van der Waals surface area (Å²) < 4.78 is 26.0. The van der Waals surface area contributed by atoms with Crippen molar-refractivity contribution in [2.75, 3.05) is 19.8 Å². The van der Waals surface area contributed by atoms with Crippen LogP contribution in [0.2, 0.25) is 0 Å². The molecule has 0 spiro atoms. The second-order valence-electron chi connectivity index (χ2n) is 7.61. The molecule has 0 rings (SSSR count). The Hall–Kier alpha value is -0.460. The number of rotatable bonds is 21. The first-order chi connectivity index (χ1) is 13.9. The molecule has 0 aromatic carbocycles. The fraction of sp³-hybridized carbons (Fsp3) is 0.952. The summed E-state index contributed by atoms with van der Waals surface area (Å²) in [6, 6.07) is 0. The monoisotopic (exact) mass is 438 g/mol. The lowest BCUT2D eigenvalue weighted by Gasteiger charge is -2.18. The molecule has 8 heteroatoms. The van der Waals surface area contributed by atoms with Crippen LogP contribution in [0.3, 0.4) is 0 Å². The standard InChI is InChI=1S/C21H43O7P/c1-3-5-6-7-8-9-10-11-12-13-14-15-17-26-18-20(19-27-29(23,24)25)28-21(22)16-4-2/h20H,3-19H2,1-2H3,(H2,23,24,25)/t20-/m1/s1. The summed E-state index contributed by atoms with van der Waals surface area (Å²) in [4.78, 5) is 29.2. The fourth-order valence-electron chi connectivity index (χ4n) is 3.01. The third-order valence-corrected chi connectivity index (χ3v) is 5.11. The van der Waals surface area contributed by atoms with Crippen LogP contribution in [-0.4, -0.2) is 41.7 Å². The molecule has 7 nitrogen and oxygen atoms in total. The third kappa shape index (κ3) is 22.1. The van der Waals surface area contributed by atoms with Gasteiger partial charge in [0, 0.05) is 13.0 Å². The van der Waals surface area contributed by atoms with Gasteiger partial charge in [-0.05, 0) is 12.8 Å². The van der Waals surface area contributed by atoms with E-state index in [1.165, 1.54) is 64.2 Å². The van der Waals surface area contributed by atoms with Crippen molar-refractivity contribution in [3.63, 3.8) is 0 Å². The molecule has 0 aliphatic heterocycles. The molecule has 2 N–H and O–H groups in total. The maximum atomic E-state index is 11.6. The van der Waals surface area contributed by atoms with E-state index in [9.17, 15) is 9.36 Å². The van der Waals surface area contributed by atoms with Gasteiger partial charge in [0.15, 0.2) is 0 Å². The molecule has 29 heavy (non-hydrogen) atoms. The third-order valence-electron chi connectivity index (χ3n) is 4.63. The van der Waals surface area contributed by atoms with Crippen molar-refractivity contribution < 1.29 is 33.1 Å². The lowest BCUT2D eigenvalue weighted by molar-refractivity contribution is -0.154. The zero-order chi connectivity index (χ0) is 21.8. The first-order valence-electron chi connectivity index (χ1n) is 11.4. The fourth-order valence-corrected chi connectivity index (χ4v) is 3.37. The van der Waals surface area contributed by atoms with Crippen LogP contribution in [0.25, 0.3) is 0 Å². The Kier molecular flexibility index (Phi) is 19.2. The molecule has 0 heterocycles. The number of esters is 1. The van der Waals surface area contributed by atoms with E-state index in [4.69, 9.17) is 19.3 Å². The Labute approximate surface area is 177 Å². The van der Waals surface area contributed by atoms with Gasteiger partial charge >= 0.3 is 13.8 Å². The Balaban J connectivity index is 3.68. The summed E-state index contributed by atoms with van der Waals surface area (Å²) in [6.45, 7) is 4.33. The van der Waals surface area contributed by atoms with E-state index in [2.05, 4.69) is 11.4 Å². The molecule has 0 fully saturated rings. The topological polar surface area (TPSA) is 102 Å². The van der Waals surface area contributed by atoms with Crippen molar-refractivity contribution in [1.82, 2.24) is 0 Å². The molecule has 0 aromatic heterocycles. The minimum Gasteiger partial charge on any atom is -0.457 e. The van der Waals surface area contributed by atoms with E-state index >= 15 is 0 Å². The molecular weight excluding hydrogens is 395 g/mol. The molecule has 0 saturated carbocycles. The molecule has 0 aliphatic rings. The number of hydrogen-bond donors (Lipinski definition) is 2. The highest BCUT2D eigenvalue weighted by Crippen LogP contribution is 2.35. The number of carbonyl (C=O) groups excluding carboxylic acids is 1. The van der Waals surface area contributed by atoms with Crippen molar-refractivity contribution in [2.24, 2.45) is 0 Å². The first-order valence-corrected chi connectivity index (χ1v) is 12.9. The maximum absolute atomic E-state index is 11.6. The number of phosphoric ester groups is 1. The van der Waals surface area contributed by atoms with Gasteiger partial charge in [-0.15, -0.1) is 0 Å². The van der Waals surface area contributed by atoms with Crippen LogP contribution in [-0.2, 0) is 23.4 Å². The van der Waals surface area contributed by atoms with Gasteiger partial charge in [0.25, 0.3) is 0 Å². The van der Waals surface area contributed by atoms with Crippen molar-refractivity contribution in [3.8, 4) is 0 Å². The van der Waals surface area contributed by atoms with Crippen LogP contribution in [0.5, 0.6) is 0 Å². The summed E-state index contributed by atoms with van der Waals surface area (Å²) in [5, 5.41) is 0. The summed E-state index contributed by atoms with van der Waals surface area (Å²) in [5.74, 6) is -0.416. The van der Waals surface area contributed by atoms with Crippen molar-refractivity contribution in [1.29, 1.82) is 0 Å². The summed E-state index contributed by atoms with van der Waals surface area (Å²) >= 11 is 0. The molecule has 0 radical (unpaired) electrons. The van der Waals surface area contributed by atoms with Crippen molar-refractivity contribution in [3.05, 3.63) is 0 Å². The van der Waals surface area contributed by atoms with Crippen molar-refractivity contribution in [2.45, 2.75) is 110 Å². The van der Waals surface area contributed by atoms with Gasteiger partial charge in [0.05, 0.1) is 13.2 Å². The maximum Gasteiger partial charge on any atom is 0.469 e. The second-order valence-corrected chi connectivity index (χ2v) is 8.85. The largest absolute Gasteiger partial charge is 0.469 e. The average Bonchev–Trinajstić information content (AvgIpc) is 2.65. The summed E-state index contributed by atoms with van der Waals surface area (Å²) in [6.07, 6.45) is 15.3. The lowest BCUT2D eigenvalue weighted by atomic mass is 10.1. The van der Waals surface area contributed by atoms with E-state index in [0.29, 0.717) is 13.0 Å². The van der Waals surface area contributed by atoms with Gasteiger partial charge < -0.3 is 19.3 Å². The Morgan fingerprint density at radius 2 is 1.31 bits per heavy atom. The summed E-state index contributed by atoms with van der Waals surface area (Å²) in [7, 11) is -4.60. The van der Waals surface area contributed by atoms with E-state index in [-0.39, 0.29) is 19.6 Å². The number of phosphoric acid groups is 1. The van der Waals surface area contributed by atoms with Crippen LogP contribution in [0.1, 0.15) is 104 Å². The predicted octanol–water partition coefficient (Wildman–Crippen LogP) is 5.53.